The second kappa shape index (κ2) is 10.0. The van der Waals surface area contributed by atoms with Crippen LogP contribution in [0.1, 0.15) is 13.8 Å². The summed E-state index contributed by atoms with van der Waals surface area (Å²) >= 11 is 0. The summed E-state index contributed by atoms with van der Waals surface area (Å²) in [5, 5.41) is 8.41. The first-order chi connectivity index (χ1) is 12.1. The number of morpholine rings is 1. The third-order valence-electron chi connectivity index (χ3n) is 4.10. The van der Waals surface area contributed by atoms with Gasteiger partial charge in [-0.3, -0.25) is 9.69 Å². The lowest BCUT2D eigenvalue weighted by Crippen LogP contribution is -2.52. The van der Waals surface area contributed by atoms with Crippen LogP contribution in [-0.2, 0) is 9.53 Å². The van der Waals surface area contributed by atoms with E-state index >= 15 is 0 Å². The Hall–Kier alpha value is -2.12. The number of nitrogens with zero attached hydrogens (tertiary/aromatic N) is 1. The van der Waals surface area contributed by atoms with Gasteiger partial charge in [0.2, 0.25) is 5.91 Å². The van der Waals surface area contributed by atoms with Gasteiger partial charge in [-0.1, -0.05) is 32.0 Å². The summed E-state index contributed by atoms with van der Waals surface area (Å²) in [4.78, 5) is 26.8. The van der Waals surface area contributed by atoms with Crippen molar-refractivity contribution in [3.8, 4) is 0 Å². The molecule has 1 saturated heterocycles. The highest BCUT2D eigenvalue weighted by molar-refractivity contribution is 5.93. The SMILES string of the molecule is CC(C)[C@H](NC(=O)Nc1ccccc1)C(=O)NCCN1CCOCC1. The number of para-hydroxylation sites is 1. The van der Waals surface area contributed by atoms with Crippen LogP contribution in [0.5, 0.6) is 0 Å². The number of rotatable bonds is 7. The predicted molar refractivity (Wildman–Crippen MR) is 97.5 cm³/mol. The van der Waals surface area contributed by atoms with Crippen molar-refractivity contribution in [1.29, 1.82) is 0 Å². The second-order valence-electron chi connectivity index (χ2n) is 6.43. The standard InChI is InChI=1S/C18H28N4O3/c1-14(2)16(21-18(24)20-15-6-4-3-5-7-15)17(23)19-8-9-22-10-12-25-13-11-22/h3-7,14,16H,8-13H2,1-2H3,(H,19,23)(H2,20,21,24)/t16-/m0/s1. The summed E-state index contributed by atoms with van der Waals surface area (Å²) in [6, 6.07) is 8.20. The molecule has 0 spiro atoms. The molecule has 1 aliphatic heterocycles. The molecule has 0 unspecified atom stereocenters. The van der Waals surface area contributed by atoms with Gasteiger partial charge in [-0.05, 0) is 18.1 Å². The number of anilines is 1. The first-order valence-corrected chi connectivity index (χ1v) is 8.76. The van der Waals surface area contributed by atoms with Crippen LogP contribution in [0.15, 0.2) is 30.3 Å². The zero-order valence-corrected chi connectivity index (χ0v) is 15.0. The smallest absolute Gasteiger partial charge is 0.319 e. The van der Waals surface area contributed by atoms with E-state index in [1.54, 1.807) is 12.1 Å². The fourth-order valence-corrected chi connectivity index (χ4v) is 2.64. The molecule has 0 aromatic heterocycles. The van der Waals surface area contributed by atoms with E-state index in [-0.39, 0.29) is 17.9 Å². The van der Waals surface area contributed by atoms with Crippen molar-refractivity contribution in [2.45, 2.75) is 19.9 Å². The first kappa shape index (κ1) is 19.2. The number of hydrogen-bond acceptors (Lipinski definition) is 4. The Morgan fingerprint density at radius 2 is 1.84 bits per heavy atom. The summed E-state index contributed by atoms with van der Waals surface area (Å²) in [7, 11) is 0. The van der Waals surface area contributed by atoms with E-state index in [0.29, 0.717) is 12.2 Å². The van der Waals surface area contributed by atoms with E-state index in [9.17, 15) is 9.59 Å². The molecule has 0 radical (unpaired) electrons. The van der Waals surface area contributed by atoms with Gasteiger partial charge in [0, 0.05) is 31.9 Å². The zero-order chi connectivity index (χ0) is 18.1. The number of ether oxygens (including phenoxy) is 1. The molecule has 1 fully saturated rings. The summed E-state index contributed by atoms with van der Waals surface area (Å²) < 4.78 is 5.31. The minimum absolute atomic E-state index is 0.00934. The molecule has 1 aromatic carbocycles. The quantitative estimate of drug-likeness (QED) is 0.693. The fourth-order valence-electron chi connectivity index (χ4n) is 2.64. The van der Waals surface area contributed by atoms with Crippen LogP contribution in [0, 0.1) is 5.92 Å². The lowest BCUT2D eigenvalue weighted by molar-refractivity contribution is -0.123. The van der Waals surface area contributed by atoms with Gasteiger partial charge in [0.25, 0.3) is 0 Å². The highest BCUT2D eigenvalue weighted by Gasteiger charge is 2.24. The van der Waals surface area contributed by atoms with Crippen LogP contribution in [0.3, 0.4) is 0 Å². The zero-order valence-electron chi connectivity index (χ0n) is 15.0. The number of hydrogen-bond donors (Lipinski definition) is 3. The highest BCUT2D eigenvalue weighted by atomic mass is 16.5. The summed E-state index contributed by atoms with van der Waals surface area (Å²) in [6.45, 7) is 8.43. The number of carbonyl (C=O) groups excluding carboxylic acids is 2. The Morgan fingerprint density at radius 3 is 2.48 bits per heavy atom. The van der Waals surface area contributed by atoms with Gasteiger partial charge in [0.1, 0.15) is 6.04 Å². The van der Waals surface area contributed by atoms with E-state index in [4.69, 9.17) is 4.74 Å². The number of urea groups is 1. The van der Waals surface area contributed by atoms with Crippen LogP contribution in [-0.4, -0.2) is 62.3 Å². The average molecular weight is 348 g/mol. The fraction of sp³-hybridized carbons (Fsp3) is 0.556. The number of nitrogens with one attached hydrogen (secondary N) is 3. The van der Waals surface area contributed by atoms with Gasteiger partial charge >= 0.3 is 6.03 Å². The number of benzene rings is 1. The highest BCUT2D eigenvalue weighted by Crippen LogP contribution is 2.06. The van der Waals surface area contributed by atoms with E-state index in [2.05, 4.69) is 20.9 Å². The largest absolute Gasteiger partial charge is 0.379 e. The van der Waals surface area contributed by atoms with E-state index in [0.717, 1.165) is 32.8 Å². The van der Waals surface area contributed by atoms with Crippen LogP contribution in [0.2, 0.25) is 0 Å². The molecule has 7 heteroatoms. The summed E-state index contributed by atoms with van der Waals surface area (Å²) in [6.07, 6.45) is 0. The monoisotopic (exact) mass is 348 g/mol. The molecule has 1 atom stereocenters. The Kier molecular flexibility index (Phi) is 7.69. The van der Waals surface area contributed by atoms with Crippen molar-refractivity contribution >= 4 is 17.6 Å². The van der Waals surface area contributed by atoms with Crippen molar-refractivity contribution in [3.05, 3.63) is 30.3 Å². The molecule has 1 aromatic rings. The molecule has 1 heterocycles. The van der Waals surface area contributed by atoms with Crippen molar-refractivity contribution in [1.82, 2.24) is 15.5 Å². The third-order valence-corrected chi connectivity index (χ3v) is 4.10. The van der Waals surface area contributed by atoms with Gasteiger partial charge in [-0.25, -0.2) is 4.79 Å². The minimum atomic E-state index is -0.576. The molecule has 1 aliphatic rings. The van der Waals surface area contributed by atoms with Gasteiger partial charge in [0.15, 0.2) is 0 Å². The molecule has 7 nitrogen and oxygen atoms in total. The summed E-state index contributed by atoms with van der Waals surface area (Å²) in [5.74, 6) is -0.170. The lowest BCUT2D eigenvalue weighted by Gasteiger charge is -2.27. The Labute approximate surface area is 149 Å². The van der Waals surface area contributed by atoms with Crippen molar-refractivity contribution in [2.75, 3.05) is 44.7 Å². The number of carbonyl (C=O) groups is 2. The van der Waals surface area contributed by atoms with Crippen molar-refractivity contribution in [2.24, 2.45) is 5.92 Å². The Bertz CT molecular complexity index is 545. The molecule has 0 aliphatic carbocycles. The van der Waals surface area contributed by atoms with E-state index in [1.807, 2.05) is 32.0 Å². The molecule has 0 bridgehead atoms. The normalized spacial score (nSPS) is 16.3. The number of amides is 3. The van der Waals surface area contributed by atoms with Gasteiger partial charge in [-0.15, -0.1) is 0 Å². The topological polar surface area (TPSA) is 82.7 Å². The van der Waals surface area contributed by atoms with Crippen LogP contribution >= 0.6 is 0 Å². The molecule has 25 heavy (non-hydrogen) atoms. The molecule has 2 rings (SSSR count). The van der Waals surface area contributed by atoms with E-state index < -0.39 is 6.04 Å². The van der Waals surface area contributed by atoms with Gasteiger partial charge in [-0.2, -0.15) is 0 Å². The maximum absolute atomic E-state index is 12.4. The molecule has 138 valence electrons. The molecular formula is C18H28N4O3. The van der Waals surface area contributed by atoms with E-state index in [1.165, 1.54) is 0 Å². The molecule has 3 N–H and O–H groups in total. The van der Waals surface area contributed by atoms with Crippen LogP contribution in [0.4, 0.5) is 10.5 Å². The summed E-state index contributed by atoms with van der Waals surface area (Å²) in [5.41, 5.74) is 0.690. The van der Waals surface area contributed by atoms with Gasteiger partial charge < -0.3 is 20.7 Å². The second-order valence-corrected chi connectivity index (χ2v) is 6.43. The molecule has 3 amide bonds. The molecule has 0 saturated carbocycles. The third kappa shape index (κ3) is 6.72. The molecular weight excluding hydrogens is 320 g/mol. The van der Waals surface area contributed by atoms with Gasteiger partial charge in [0.05, 0.1) is 13.2 Å². The Morgan fingerprint density at radius 1 is 1.16 bits per heavy atom. The lowest BCUT2D eigenvalue weighted by atomic mass is 10.0. The van der Waals surface area contributed by atoms with Crippen LogP contribution in [0.25, 0.3) is 0 Å². The predicted octanol–water partition coefficient (Wildman–Crippen LogP) is 1.28. The van der Waals surface area contributed by atoms with Crippen LogP contribution < -0.4 is 16.0 Å². The minimum Gasteiger partial charge on any atom is -0.379 e. The van der Waals surface area contributed by atoms with Crippen molar-refractivity contribution < 1.29 is 14.3 Å². The average Bonchev–Trinajstić information content (AvgIpc) is 2.61. The maximum Gasteiger partial charge on any atom is 0.319 e. The van der Waals surface area contributed by atoms with Crippen molar-refractivity contribution in [3.63, 3.8) is 0 Å². The maximum atomic E-state index is 12.4. The Balaban J connectivity index is 1.77. The first-order valence-electron chi connectivity index (χ1n) is 8.76.